The first-order chi connectivity index (χ1) is 14.5. The van der Waals surface area contributed by atoms with Crippen molar-refractivity contribution in [1.82, 2.24) is 10.2 Å². The first-order valence-electron chi connectivity index (χ1n) is 10.1. The molecule has 3 rings (SSSR count). The summed E-state index contributed by atoms with van der Waals surface area (Å²) in [5.74, 6) is -0.545. The van der Waals surface area contributed by atoms with Crippen LogP contribution in [-0.4, -0.2) is 55.5 Å². The molecule has 1 saturated heterocycles. The standard InChI is InChI=1S/C22H27N3O4S/c1-29-22(28)21-18(11-14-30-21)24-20(27)15-25-12-9-17(10-13-25)23-19(26)8-7-16-5-3-2-4-6-16/h2-6,11,14,17H,7-10,12-13,15H2,1H3,(H,23,26)(H,24,27). The second kappa shape index (κ2) is 10.9. The Hall–Kier alpha value is -2.71. The molecule has 0 unspecified atom stereocenters. The van der Waals surface area contributed by atoms with Crippen LogP contribution in [0.1, 0.15) is 34.5 Å². The van der Waals surface area contributed by atoms with Crippen LogP contribution in [0.5, 0.6) is 0 Å². The van der Waals surface area contributed by atoms with Crippen LogP contribution in [0.2, 0.25) is 0 Å². The van der Waals surface area contributed by atoms with Crippen molar-refractivity contribution in [3.63, 3.8) is 0 Å². The molecule has 0 atom stereocenters. The molecule has 8 heteroatoms. The minimum absolute atomic E-state index is 0.0721. The fourth-order valence-corrected chi connectivity index (χ4v) is 4.25. The third kappa shape index (κ3) is 6.40. The lowest BCUT2D eigenvalue weighted by molar-refractivity contribution is -0.122. The highest BCUT2D eigenvalue weighted by Crippen LogP contribution is 2.23. The summed E-state index contributed by atoms with van der Waals surface area (Å²) >= 11 is 1.24. The molecule has 0 bridgehead atoms. The smallest absolute Gasteiger partial charge is 0.350 e. The van der Waals surface area contributed by atoms with Gasteiger partial charge in [-0.05, 0) is 36.3 Å². The maximum Gasteiger partial charge on any atom is 0.350 e. The summed E-state index contributed by atoms with van der Waals surface area (Å²) in [6.07, 6.45) is 2.85. The molecule has 0 saturated carbocycles. The van der Waals surface area contributed by atoms with E-state index in [0.29, 0.717) is 17.0 Å². The Morgan fingerprint density at radius 2 is 1.83 bits per heavy atom. The number of benzene rings is 1. The van der Waals surface area contributed by atoms with Gasteiger partial charge >= 0.3 is 5.97 Å². The average Bonchev–Trinajstić information content (AvgIpc) is 3.22. The number of aryl methyl sites for hydroxylation is 1. The number of nitrogens with one attached hydrogen (secondary N) is 2. The highest BCUT2D eigenvalue weighted by Gasteiger charge is 2.23. The first-order valence-corrected chi connectivity index (χ1v) is 10.9. The summed E-state index contributed by atoms with van der Waals surface area (Å²) in [5.41, 5.74) is 1.65. The number of likely N-dealkylation sites (tertiary alicyclic amines) is 1. The van der Waals surface area contributed by atoms with Crippen LogP contribution in [0.4, 0.5) is 5.69 Å². The number of carbonyl (C=O) groups excluding carboxylic acids is 3. The predicted molar refractivity (Wildman–Crippen MR) is 117 cm³/mol. The highest BCUT2D eigenvalue weighted by molar-refractivity contribution is 7.12. The number of rotatable bonds is 8. The summed E-state index contributed by atoms with van der Waals surface area (Å²) in [4.78, 5) is 38.7. The molecule has 0 aliphatic carbocycles. The van der Waals surface area contributed by atoms with E-state index in [1.165, 1.54) is 18.4 Å². The number of piperidine rings is 1. The Balaban J connectivity index is 1.37. The van der Waals surface area contributed by atoms with Gasteiger partial charge in [-0.15, -0.1) is 11.3 Å². The second-order valence-corrected chi connectivity index (χ2v) is 8.22. The van der Waals surface area contributed by atoms with Crippen molar-refractivity contribution in [2.45, 2.75) is 31.7 Å². The van der Waals surface area contributed by atoms with E-state index in [-0.39, 0.29) is 24.4 Å². The fourth-order valence-electron chi connectivity index (χ4n) is 3.49. The summed E-state index contributed by atoms with van der Waals surface area (Å²) in [6.45, 7) is 1.74. The van der Waals surface area contributed by atoms with E-state index in [4.69, 9.17) is 4.74 Å². The van der Waals surface area contributed by atoms with E-state index >= 15 is 0 Å². The van der Waals surface area contributed by atoms with E-state index < -0.39 is 5.97 Å². The van der Waals surface area contributed by atoms with Gasteiger partial charge in [-0.1, -0.05) is 30.3 Å². The maximum atomic E-state index is 12.4. The molecule has 7 nitrogen and oxygen atoms in total. The van der Waals surface area contributed by atoms with E-state index in [1.807, 2.05) is 30.3 Å². The van der Waals surface area contributed by atoms with Crippen LogP contribution in [0.25, 0.3) is 0 Å². The molecule has 0 radical (unpaired) electrons. The molecular weight excluding hydrogens is 402 g/mol. The highest BCUT2D eigenvalue weighted by atomic mass is 32.1. The van der Waals surface area contributed by atoms with Gasteiger partial charge in [0.2, 0.25) is 11.8 Å². The number of amides is 2. The SMILES string of the molecule is COC(=O)c1sccc1NC(=O)CN1CCC(NC(=O)CCc2ccccc2)CC1. The molecule has 2 amide bonds. The lowest BCUT2D eigenvalue weighted by Gasteiger charge is -2.31. The molecule has 2 N–H and O–H groups in total. The van der Waals surface area contributed by atoms with Crippen molar-refractivity contribution in [3.05, 3.63) is 52.2 Å². The van der Waals surface area contributed by atoms with Gasteiger partial charge in [0.1, 0.15) is 4.88 Å². The van der Waals surface area contributed by atoms with Crippen molar-refractivity contribution < 1.29 is 19.1 Å². The molecule has 0 spiro atoms. The summed E-state index contributed by atoms with van der Waals surface area (Å²) in [6, 6.07) is 11.8. The summed E-state index contributed by atoms with van der Waals surface area (Å²) < 4.78 is 4.73. The number of ether oxygens (including phenoxy) is 1. The van der Waals surface area contributed by atoms with Crippen molar-refractivity contribution in [2.75, 3.05) is 32.1 Å². The van der Waals surface area contributed by atoms with E-state index in [1.54, 1.807) is 11.4 Å². The van der Waals surface area contributed by atoms with Crippen LogP contribution >= 0.6 is 11.3 Å². The summed E-state index contributed by atoms with van der Waals surface area (Å²) in [5, 5.41) is 7.64. The molecule has 160 valence electrons. The molecular formula is C22H27N3O4S. The molecule has 1 fully saturated rings. The van der Waals surface area contributed by atoms with Crippen LogP contribution in [0.3, 0.4) is 0 Å². The third-order valence-corrected chi connectivity index (χ3v) is 6.01. The Morgan fingerprint density at radius 3 is 2.53 bits per heavy atom. The monoisotopic (exact) mass is 429 g/mol. The summed E-state index contributed by atoms with van der Waals surface area (Å²) in [7, 11) is 1.32. The van der Waals surface area contributed by atoms with Crippen molar-refractivity contribution >= 4 is 34.8 Å². The quantitative estimate of drug-likeness (QED) is 0.630. The third-order valence-electron chi connectivity index (χ3n) is 5.11. The van der Waals surface area contributed by atoms with Gasteiger partial charge in [-0.2, -0.15) is 0 Å². The number of thiophene rings is 1. The van der Waals surface area contributed by atoms with E-state index in [9.17, 15) is 14.4 Å². The van der Waals surface area contributed by atoms with Gasteiger partial charge in [-0.25, -0.2) is 4.79 Å². The molecule has 2 heterocycles. The lowest BCUT2D eigenvalue weighted by Crippen LogP contribution is -2.46. The Labute approximate surface area is 180 Å². The van der Waals surface area contributed by atoms with Gasteiger partial charge in [0, 0.05) is 25.6 Å². The normalized spacial score (nSPS) is 14.8. The zero-order valence-corrected chi connectivity index (χ0v) is 17.9. The number of carbonyl (C=O) groups is 3. The number of hydrogen-bond donors (Lipinski definition) is 2. The molecule has 2 aromatic rings. The largest absolute Gasteiger partial charge is 0.465 e. The van der Waals surface area contributed by atoms with Crippen molar-refractivity contribution in [3.8, 4) is 0 Å². The number of nitrogens with zero attached hydrogens (tertiary/aromatic N) is 1. The topological polar surface area (TPSA) is 87.7 Å². The van der Waals surface area contributed by atoms with Gasteiger partial charge in [-0.3, -0.25) is 14.5 Å². The van der Waals surface area contributed by atoms with Crippen LogP contribution in [-0.2, 0) is 20.7 Å². The van der Waals surface area contributed by atoms with Gasteiger partial charge < -0.3 is 15.4 Å². The molecule has 1 aromatic heterocycles. The average molecular weight is 430 g/mol. The number of methoxy groups -OCH3 is 1. The fraction of sp³-hybridized carbons (Fsp3) is 0.409. The van der Waals surface area contributed by atoms with Crippen LogP contribution < -0.4 is 10.6 Å². The van der Waals surface area contributed by atoms with Gasteiger partial charge in [0.05, 0.1) is 19.3 Å². The molecule has 1 aliphatic heterocycles. The molecule has 1 aromatic carbocycles. The zero-order chi connectivity index (χ0) is 21.3. The Morgan fingerprint density at radius 1 is 1.10 bits per heavy atom. The predicted octanol–water partition coefficient (Wildman–Crippen LogP) is 2.69. The second-order valence-electron chi connectivity index (χ2n) is 7.31. The van der Waals surface area contributed by atoms with Crippen molar-refractivity contribution in [2.24, 2.45) is 0 Å². The number of esters is 1. The van der Waals surface area contributed by atoms with E-state index in [2.05, 4.69) is 15.5 Å². The zero-order valence-electron chi connectivity index (χ0n) is 17.1. The van der Waals surface area contributed by atoms with Gasteiger partial charge in [0.15, 0.2) is 0 Å². The Bertz CT molecular complexity index is 860. The molecule has 30 heavy (non-hydrogen) atoms. The van der Waals surface area contributed by atoms with Crippen molar-refractivity contribution in [1.29, 1.82) is 0 Å². The lowest BCUT2D eigenvalue weighted by atomic mass is 10.0. The van der Waals surface area contributed by atoms with E-state index in [0.717, 1.165) is 37.9 Å². The minimum Gasteiger partial charge on any atom is -0.465 e. The molecule has 1 aliphatic rings. The number of anilines is 1. The van der Waals surface area contributed by atoms with Crippen LogP contribution in [0, 0.1) is 0 Å². The van der Waals surface area contributed by atoms with Gasteiger partial charge in [0.25, 0.3) is 0 Å². The first kappa shape index (κ1) is 22.0. The minimum atomic E-state index is -0.455. The Kier molecular flexibility index (Phi) is 7.98. The van der Waals surface area contributed by atoms with Crippen LogP contribution in [0.15, 0.2) is 41.8 Å². The maximum absolute atomic E-state index is 12.4. The number of hydrogen-bond acceptors (Lipinski definition) is 6.